The Balaban J connectivity index is 2.46. The lowest BCUT2D eigenvalue weighted by Gasteiger charge is -2.24. The molecule has 2 aromatic rings. The number of benzene rings is 2. The van der Waals surface area contributed by atoms with E-state index in [1.165, 1.54) is 0 Å². The summed E-state index contributed by atoms with van der Waals surface area (Å²) in [6, 6.07) is 13.1. The number of rotatable bonds is 4. The Hall–Kier alpha value is -1.81. The largest absolute Gasteiger partial charge is 0.397 e. The van der Waals surface area contributed by atoms with Crippen LogP contribution in [0, 0.1) is 6.92 Å². The van der Waals surface area contributed by atoms with Crippen molar-refractivity contribution in [1.29, 1.82) is 0 Å². The lowest BCUT2D eigenvalue weighted by Crippen LogP contribution is -2.32. The van der Waals surface area contributed by atoms with Crippen molar-refractivity contribution in [3.05, 3.63) is 58.1 Å². The molecule has 0 unspecified atom stereocenters. The summed E-state index contributed by atoms with van der Waals surface area (Å²) in [5.41, 5.74) is 9.06. The molecule has 2 rings (SSSR count). The van der Waals surface area contributed by atoms with E-state index in [-0.39, 0.29) is 5.91 Å². The van der Waals surface area contributed by atoms with Gasteiger partial charge in [0.05, 0.1) is 11.4 Å². The van der Waals surface area contributed by atoms with Gasteiger partial charge in [0, 0.05) is 16.6 Å². The molecule has 21 heavy (non-hydrogen) atoms. The number of carbonyl (C=O) groups excluding carboxylic acids is 1. The number of hydrogen-bond acceptors (Lipinski definition) is 2. The van der Waals surface area contributed by atoms with E-state index in [1.54, 1.807) is 4.90 Å². The highest BCUT2D eigenvalue weighted by Crippen LogP contribution is 2.27. The van der Waals surface area contributed by atoms with Gasteiger partial charge in [-0.25, -0.2) is 0 Å². The summed E-state index contributed by atoms with van der Waals surface area (Å²) in [6.45, 7) is 4.63. The van der Waals surface area contributed by atoms with Gasteiger partial charge in [-0.2, -0.15) is 0 Å². The zero-order valence-corrected chi connectivity index (χ0v) is 13.9. The SMILES string of the molecule is CCCN(C(=O)c1cccc(Br)c1C)c1ccccc1N. The maximum absolute atomic E-state index is 12.9. The number of hydrogen-bond donors (Lipinski definition) is 1. The van der Waals surface area contributed by atoms with Gasteiger partial charge in [-0.1, -0.05) is 41.1 Å². The van der Waals surface area contributed by atoms with Crippen LogP contribution in [0.25, 0.3) is 0 Å². The Labute approximate surface area is 133 Å². The molecule has 0 aliphatic rings. The number of amides is 1. The van der Waals surface area contributed by atoms with Crippen molar-refractivity contribution in [2.45, 2.75) is 20.3 Å². The minimum atomic E-state index is -0.0199. The summed E-state index contributed by atoms with van der Waals surface area (Å²) in [6.07, 6.45) is 0.868. The third kappa shape index (κ3) is 3.27. The molecule has 2 N–H and O–H groups in total. The summed E-state index contributed by atoms with van der Waals surface area (Å²) in [4.78, 5) is 14.7. The molecule has 0 aromatic heterocycles. The second kappa shape index (κ2) is 6.76. The number of halogens is 1. The van der Waals surface area contributed by atoms with Crippen molar-refractivity contribution < 1.29 is 4.79 Å². The van der Waals surface area contributed by atoms with Gasteiger partial charge in [-0.3, -0.25) is 4.79 Å². The first-order chi connectivity index (χ1) is 10.1. The van der Waals surface area contributed by atoms with Gasteiger partial charge in [-0.05, 0) is 43.2 Å². The highest BCUT2D eigenvalue weighted by atomic mass is 79.9. The first-order valence-corrected chi connectivity index (χ1v) is 7.77. The van der Waals surface area contributed by atoms with Crippen LogP contribution in [0.15, 0.2) is 46.9 Å². The lowest BCUT2D eigenvalue weighted by atomic mass is 10.1. The Morgan fingerprint density at radius 3 is 2.57 bits per heavy atom. The molecule has 110 valence electrons. The fraction of sp³-hybridized carbons (Fsp3) is 0.235. The van der Waals surface area contributed by atoms with Crippen LogP contribution in [-0.4, -0.2) is 12.5 Å². The molecule has 0 saturated carbocycles. The van der Waals surface area contributed by atoms with Gasteiger partial charge in [0.1, 0.15) is 0 Å². The quantitative estimate of drug-likeness (QED) is 0.834. The molecule has 2 aromatic carbocycles. The molecule has 0 spiro atoms. The first kappa shape index (κ1) is 15.6. The number of para-hydroxylation sites is 2. The van der Waals surface area contributed by atoms with Gasteiger partial charge < -0.3 is 10.6 Å². The van der Waals surface area contributed by atoms with Crippen molar-refractivity contribution in [2.75, 3.05) is 17.2 Å². The second-order valence-electron chi connectivity index (χ2n) is 4.93. The zero-order chi connectivity index (χ0) is 15.4. The summed E-state index contributed by atoms with van der Waals surface area (Å²) in [7, 11) is 0. The molecule has 0 aliphatic carbocycles. The third-order valence-electron chi connectivity index (χ3n) is 3.42. The summed E-state index contributed by atoms with van der Waals surface area (Å²) < 4.78 is 0.936. The van der Waals surface area contributed by atoms with Crippen LogP contribution < -0.4 is 10.6 Å². The van der Waals surface area contributed by atoms with Crippen LogP contribution in [0.4, 0.5) is 11.4 Å². The van der Waals surface area contributed by atoms with E-state index in [2.05, 4.69) is 15.9 Å². The van der Waals surface area contributed by atoms with Gasteiger partial charge in [-0.15, -0.1) is 0 Å². The maximum atomic E-state index is 12.9. The average molecular weight is 347 g/mol. The minimum absolute atomic E-state index is 0.0199. The Bertz CT molecular complexity index is 655. The van der Waals surface area contributed by atoms with Crippen LogP contribution in [0.5, 0.6) is 0 Å². The number of carbonyl (C=O) groups is 1. The topological polar surface area (TPSA) is 46.3 Å². The molecule has 0 aliphatic heterocycles. The highest BCUT2D eigenvalue weighted by Gasteiger charge is 2.20. The molecule has 0 saturated heterocycles. The van der Waals surface area contributed by atoms with Crippen LogP contribution in [0.3, 0.4) is 0 Å². The van der Waals surface area contributed by atoms with Gasteiger partial charge in [0.25, 0.3) is 5.91 Å². The molecule has 0 atom stereocenters. The van der Waals surface area contributed by atoms with E-state index in [0.717, 1.165) is 22.1 Å². The highest BCUT2D eigenvalue weighted by molar-refractivity contribution is 9.10. The molecule has 0 fully saturated rings. The molecular weight excluding hydrogens is 328 g/mol. The van der Waals surface area contributed by atoms with E-state index >= 15 is 0 Å². The lowest BCUT2D eigenvalue weighted by molar-refractivity contribution is 0.0986. The Kier molecular flexibility index (Phi) is 5.02. The normalized spacial score (nSPS) is 10.4. The first-order valence-electron chi connectivity index (χ1n) is 6.97. The van der Waals surface area contributed by atoms with Crippen molar-refractivity contribution >= 4 is 33.2 Å². The average Bonchev–Trinajstić information content (AvgIpc) is 2.48. The summed E-state index contributed by atoms with van der Waals surface area (Å²) >= 11 is 3.48. The van der Waals surface area contributed by atoms with Crippen LogP contribution >= 0.6 is 15.9 Å². The number of nitrogens with zero attached hydrogens (tertiary/aromatic N) is 1. The minimum Gasteiger partial charge on any atom is -0.397 e. The molecule has 0 heterocycles. The number of nitrogens with two attached hydrogens (primary N) is 1. The Morgan fingerprint density at radius 1 is 1.19 bits per heavy atom. The van der Waals surface area contributed by atoms with Crippen molar-refractivity contribution in [1.82, 2.24) is 0 Å². The fourth-order valence-corrected chi connectivity index (χ4v) is 2.64. The zero-order valence-electron chi connectivity index (χ0n) is 12.3. The van der Waals surface area contributed by atoms with E-state index in [0.29, 0.717) is 17.8 Å². The summed E-state index contributed by atoms with van der Waals surface area (Å²) in [5.74, 6) is -0.0199. The predicted octanol–water partition coefficient (Wildman–Crippen LogP) is 4.40. The van der Waals surface area contributed by atoms with E-state index < -0.39 is 0 Å². The number of anilines is 2. The standard InChI is InChI=1S/C17H19BrN2O/c1-3-11-20(16-10-5-4-9-15(16)19)17(21)13-7-6-8-14(18)12(13)2/h4-10H,3,11,19H2,1-2H3. The van der Waals surface area contributed by atoms with Crippen LogP contribution in [0.1, 0.15) is 29.3 Å². The molecule has 3 nitrogen and oxygen atoms in total. The van der Waals surface area contributed by atoms with Gasteiger partial charge in [0.2, 0.25) is 0 Å². The predicted molar refractivity (Wildman–Crippen MR) is 91.7 cm³/mol. The van der Waals surface area contributed by atoms with E-state index in [1.807, 2.05) is 56.3 Å². The molecule has 0 radical (unpaired) electrons. The number of nitrogen functional groups attached to an aromatic ring is 1. The van der Waals surface area contributed by atoms with E-state index in [4.69, 9.17) is 5.73 Å². The molecular formula is C17H19BrN2O. The smallest absolute Gasteiger partial charge is 0.258 e. The molecule has 4 heteroatoms. The summed E-state index contributed by atoms with van der Waals surface area (Å²) in [5, 5.41) is 0. The van der Waals surface area contributed by atoms with E-state index in [9.17, 15) is 4.79 Å². The monoisotopic (exact) mass is 346 g/mol. The van der Waals surface area contributed by atoms with Crippen LogP contribution in [0.2, 0.25) is 0 Å². The van der Waals surface area contributed by atoms with Crippen molar-refractivity contribution in [3.63, 3.8) is 0 Å². The van der Waals surface area contributed by atoms with Crippen molar-refractivity contribution in [3.8, 4) is 0 Å². The second-order valence-corrected chi connectivity index (χ2v) is 5.78. The third-order valence-corrected chi connectivity index (χ3v) is 4.28. The Morgan fingerprint density at radius 2 is 1.90 bits per heavy atom. The fourth-order valence-electron chi connectivity index (χ4n) is 2.27. The maximum Gasteiger partial charge on any atom is 0.258 e. The van der Waals surface area contributed by atoms with Gasteiger partial charge in [0.15, 0.2) is 0 Å². The van der Waals surface area contributed by atoms with Gasteiger partial charge >= 0.3 is 0 Å². The van der Waals surface area contributed by atoms with Crippen molar-refractivity contribution in [2.24, 2.45) is 0 Å². The molecule has 1 amide bonds. The van der Waals surface area contributed by atoms with Crippen LogP contribution in [-0.2, 0) is 0 Å². The molecule has 0 bridgehead atoms.